The first-order valence-corrected chi connectivity index (χ1v) is 8.64. The SMILES string of the molecule is COc1ccc(F)cc1S(=O)(=O)NCC(C)(O)CSC. The van der Waals surface area contributed by atoms with Crippen LogP contribution in [0.3, 0.4) is 0 Å². The largest absolute Gasteiger partial charge is 0.495 e. The zero-order valence-electron chi connectivity index (χ0n) is 11.5. The summed E-state index contributed by atoms with van der Waals surface area (Å²) in [5.74, 6) is -0.263. The molecule has 1 aromatic carbocycles. The van der Waals surface area contributed by atoms with E-state index >= 15 is 0 Å². The molecular weight excluding hydrogens is 305 g/mol. The summed E-state index contributed by atoms with van der Waals surface area (Å²) in [6.07, 6.45) is 1.80. The van der Waals surface area contributed by atoms with Gasteiger partial charge in [-0.3, -0.25) is 0 Å². The van der Waals surface area contributed by atoms with Gasteiger partial charge in [-0.05, 0) is 31.4 Å². The van der Waals surface area contributed by atoms with Crippen LogP contribution in [0.5, 0.6) is 5.75 Å². The number of hydrogen-bond donors (Lipinski definition) is 2. The lowest BCUT2D eigenvalue weighted by Crippen LogP contribution is -2.42. The lowest BCUT2D eigenvalue weighted by atomic mass is 10.1. The van der Waals surface area contributed by atoms with Gasteiger partial charge in [0, 0.05) is 12.3 Å². The van der Waals surface area contributed by atoms with Crippen LogP contribution in [0.1, 0.15) is 6.92 Å². The average molecular weight is 323 g/mol. The summed E-state index contributed by atoms with van der Waals surface area (Å²) in [5, 5.41) is 9.95. The number of nitrogens with one attached hydrogen (secondary N) is 1. The van der Waals surface area contributed by atoms with Crippen molar-refractivity contribution >= 4 is 21.8 Å². The van der Waals surface area contributed by atoms with Gasteiger partial charge in [0.2, 0.25) is 10.0 Å². The molecule has 0 saturated carbocycles. The van der Waals surface area contributed by atoms with Crippen molar-refractivity contribution in [2.45, 2.75) is 17.4 Å². The van der Waals surface area contributed by atoms with Crippen molar-refractivity contribution < 1.29 is 22.7 Å². The number of methoxy groups -OCH3 is 1. The van der Waals surface area contributed by atoms with Crippen molar-refractivity contribution in [3.8, 4) is 5.75 Å². The Kier molecular flexibility index (Phi) is 5.81. The van der Waals surface area contributed by atoms with Gasteiger partial charge in [0.1, 0.15) is 16.5 Å². The van der Waals surface area contributed by atoms with Crippen LogP contribution in [0.2, 0.25) is 0 Å². The van der Waals surface area contributed by atoms with E-state index in [0.717, 1.165) is 12.1 Å². The molecule has 0 saturated heterocycles. The Morgan fingerprint density at radius 1 is 1.50 bits per heavy atom. The maximum atomic E-state index is 13.2. The number of rotatable bonds is 7. The molecule has 0 aromatic heterocycles. The van der Waals surface area contributed by atoms with E-state index < -0.39 is 21.4 Å². The Morgan fingerprint density at radius 3 is 2.70 bits per heavy atom. The van der Waals surface area contributed by atoms with Crippen LogP contribution >= 0.6 is 11.8 Å². The van der Waals surface area contributed by atoms with Gasteiger partial charge in [-0.1, -0.05) is 0 Å². The van der Waals surface area contributed by atoms with Crippen LogP contribution in [-0.4, -0.2) is 44.8 Å². The molecule has 0 aliphatic heterocycles. The molecular formula is C12H18FNO4S2. The van der Waals surface area contributed by atoms with E-state index in [0.29, 0.717) is 5.75 Å². The first kappa shape index (κ1) is 17.2. The minimum absolute atomic E-state index is 0.0448. The molecule has 0 aliphatic rings. The number of aliphatic hydroxyl groups is 1. The molecule has 1 rings (SSSR count). The molecule has 1 atom stereocenters. The van der Waals surface area contributed by atoms with Crippen molar-refractivity contribution in [2.24, 2.45) is 0 Å². The van der Waals surface area contributed by atoms with Gasteiger partial charge in [0.05, 0.1) is 12.7 Å². The third kappa shape index (κ3) is 4.62. The van der Waals surface area contributed by atoms with Crippen LogP contribution in [0, 0.1) is 5.82 Å². The number of sulfonamides is 1. The summed E-state index contributed by atoms with van der Waals surface area (Å²) in [5.41, 5.74) is -1.19. The topological polar surface area (TPSA) is 75.6 Å². The molecule has 5 nitrogen and oxygen atoms in total. The standard InChI is InChI=1S/C12H18FNO4S2/c1-12(15,8-19-3)7-14-20(16,17)11-6-9(13)4-5-10(11)18-2/h4-6,14-15H,7-8H2,1-3H3. The highest BCUT2D eigenvalue weighted by molar-refractivity contribution is 7.98. The third-order valence-corrected chi connectivity index (χ3v) is 4.85. The predicted molar refractivity (Wildman–Crippen MR) is 77.1 cm³/mol. The van der Waals surface area contributed by atoms with Crippen molar-refractivity contribution in [3.63, 3.8) is 0 Å². The second-order valence-corrected chi connectivity index (χ2v) is 7.15. The van der Waals surface area contributed by atoms with Gasteiger partial charge < -0.3 is 9.84 Å². The van der Waals surface area contributed by atoms with Crippen LogP contribution < -0.4 is 9.46 Å². The molecule has 0 heterocycles. The quantitative estimate of drug-likeness (QED) is 0.789. The van der Waals surface area contributed by atoms with Crippen LogP contribution in [0.25, 0.3) is 0 Å². The molecule has 114 valence electrons. The Hall–Kier alpha value is -0.830. The molecule has 1 unspecified atom stereocenters. The van der Waals surface area contributed by atoms with Crippen molar-refractivity contribution in [1.29, 1.82) is 0 Å². The molecule has 0 bridgehead atoms. The maximum Gasteiger partial charge on any atom is 0.244 e. The second kappa shape index (κ2) is 6.75. The summed E-state index contributed by atoms with van der Waals surface area (Å²) < 4.78 is 44.7. The minimum atomic E-state index is -3.96. The van der Waals surface area contributed by atoms with Crippen LogP contribution in [-0.2, 0) is 10.0 Å². The predicted octanol–water partition coefficient (Wildman–Crippen LogP) is 1.23. The highest BCUT2D eigenvalue weighted by Crippen LogP contribution is 2.24. The van der Waals surface area contributed by atoms with Gasteiger partial charge in [0.25, 0.3) is 0 Å². The zero-order chi connectivity index (χ0) is 15.4. The van der Waals surface area contributed by atoms with E-state index in [-0.39, 0.29) is 17.2 Å². The van der Waals surface area contributed by atoms with Gasteiger partial charge in [-0.15, -0.1) is 0 Å². The lowest BCUT2D eigenvalue weighted by molar-refractivity contribution is 0.0908. The second-order valence-electron chi connectivity index (χ2n) is 4.55. The summed E-state index contributed by atoms with van der Waals surface area (Å²) in [4.78, 5) is -0.292. The Labute approximate surface area is 122 Å². The Balaban J connectivity index is 2.97. The Morgan fingerprint density at radius 2 is 2.15 bits per heavy atom. The van der Waals surface area contributed by atoms with Crippen molar-refractivity contribution in [2.75, 3.05) is 25.7 Å². The van der Waals surface area contributed by atoms with E-state index in [2.05, 4.69) is 4.72 Å². The fraction of sp³-hybridized carbons (Fsp3) is 0.500. The third-order valence-electron chi connectivity index (χ3n) is 2.51. The highest BCUT2D eigenvalue weighted by atomic mass is 32.2. The number of thioether (sulfide) groups is 1. The zero-order valence-corrected chi connectivity index (χ0v) is 13.1. The smallest absolute Gasteiger partial charge is 0.244 e. The van der Waals surface area contributed by atoms with Gasteiger partial charge in [-0.25, -0.2) is 17.5 Å². The molecule has 0 radical (unpaired) electrons. The molecule has 2 N–H and O–H groups in total. The monoisotopic (exact) mass is 323 g/mol. The minimum Gasteiger partial charge on any atom is -0.495 e. The molecule has 1 aromatic rings. The molecule has 0 spiro atoms. The summed E-state index contributed by atoms with van der Waals surface area (Å²) in [6.45, 7) is 1.35. The Bertz CT molecular complexity index is 561. The van der Waals surface area contributed by atoms with E-state index in [1.54, 1.807) is 6.26 Å². The van der Waals surface area contributed by atoms with Crippen molar-refractivity contribution in [1.82, 2.24) is 4.72 Å². The fourth-order valence-corrected chi connectivity index (χ4v) is 3.62. The summed E-state index contributed by atoms with van der Waals surface area (Å²) in [6, 6.07) is 3.23. The summed E-state index contributed by atoms with van der Waals surface area (Å²) in [7, 11) is -2.66. The number of benzene rings is 1. The van der Waals surface area contributed by atoms with E-state index in [1.807, 2.05) is 0 Å². The van der Waals surface area contributed by atoms with E-state index in [9.17, 15) is 17.9 Å². The lowest BCUT2D eigenvalue weighted by Gasteiger charge is -2.22. The summed E-state index contributed by atoms with van der Waals surface area (Å²) >= 11 is 1.40. The molecule has 0 fully saturated rings. The highest BCUT2D eigenvalue weighted by Gasteiger charge is 2.26. The average Bonchev–Trinajstić information content (AvgIpc) is 2.37. The number of ether oxygens (including phenoxy) is 1. The molecule has 0 aliphatic carbocycles. The van der Waals surface area contributed by atoms with E-state index in [4.69, 9.17) is 4.74 Å². The fourth-order valence-electron chi connectivity index (χ4n) is 1.55. The molecule has 20 heavy (non-hydrogen) atoms. The van der Waals surface area contributed by atoms with Gasteiger partial charge >= 0.3 is 0 Å². The van der Waals surface area contributed by atoms with Crippen LogP contribution in [0.15, 0.2) is 23.1 Å². The normalized spacial score (nSPS) is 14.8. The van der Waals surface area contributed by atoms with Gasteiger partial charge in [0.15, 0.2) is 0 Å². The van der Waals surface area contributed by atoms with Crippen molar-refractivity contribution in [3.05, 3.63) is 24.0 Å². The van der Waals surface area contributed by atoms with Crippen LogP contribution in [0.4, 0.5) is 4.39 Å². The first-order chi connectivity index (χ1) is 9.22. The van der Waals surface area contributed by atoms with E-state index in [1.165, 1.54) is 31.9 Å². The first-order valence-electron chi connectivity index (χ1n) is 5.76. The number of halogens is 1. The maximum absolute atomic E-state index is 13.2. The number of hydrogen-bond acceptors (Lipinski definition) is 5. The molecule has 0 amide bonds. The van der Waals surface area contributed by atoms with Gasteiger partial charge in [-0.2, -0.15) is 11.8 Å². The molecule has 8 heteroatoms.